The van der Waals surface area contributed by atoms with Gasteiger partial charge in [-0.15, -0.1) is 0 Å². The Hall–Kier alpha value is -2.17. The largest absolute Gasteiger partial charge is 0.417 e. The van der Waals surface area contributed by atoms with Gasteiger partial charge in [0.05, 0.1) is 10.5 Å². The van der Waals surface area contributed by atoms with E-state index in [1.165, 1.54) is 6.07 Å². The fourth-order valence-corrected chi connectivity index (χ4v) is 7.09. The Morgan fingerprint density at radius 3 is 2.00 bits per heavy atom. The molecule has 4 rings (SSSR count). The summed E-state index contributed by atoms with van der Waals surface area (Å²) < 4.78 is 66.6. The Balaban J connectivity index is 1.33. The molecule has 2 aliphatic rings. The third-order valence-electron chi connectivity index (χ3n) is 6.86. The Bertz CT molecular complexity index is 1100. The number of aryl methyl sites for hydroxylation is 3. The van der Waals surface area contributed by atoms with Gasteiger partial charge in [0.15, 0.2) is 0 Å². The number of piperazine rings is 1. The molecule has 2 aliphatic heterocycles. The molecule has 0 N–H and O–H groups in total. The van der Waals surface area contributed by atoms with Gasteiger partial charge in [-0.3, -0.25) is 4.90 Å². The Kier molecular flexibility index (Phi) is 6.94. The van der Waals surface area contributed by atoms with Gasteiger partial charge in [-0.05, 0) is 56.9 Å². The van der Waals surface area contributed by atoms with E-state index in [2.05, 4.69) is 9.88 Å². The molecule has 6 nitrogen and oxygen atoms in total. The number of sulfonamides is 1. The highest BCUT2D eigenvalue weighted by Crippen LogP contribution is 2.31. The molecule has 0 amide bonds. The van der Waals surface area contributed by atoms with Crippen molar-refractivity contribution >= 4 is 15.8 Å². The van der Waals surface area contributed by atoms with Gasteiger partial charge in [-0.2, -0.15) is 17.5 Å². The van der Waals surface area contributed by atoms with Crippen LogP contribution in [0.1, 0.15) is 35.1 Å². The SMILES string of the molecule is Cc1cc(C)c(S(=O)(=O)N2CCC(N3CCN(c4ccc(C(F)(F)F)cn4)CC3)CC2)c(C)c1. The van der Waals surface area contributed by atoms with E-state index in [0.717, 1.165) is 54.9 Å². The molecule has 0 radical (unpaired) electrons. The minimum absolute atomic E-state index is 0.300. The molecular weight excluding hydrogens is 465 g/mol. The third kappa shape index (κ3) is 5.08. The van der Waals surface area contributed by atoms with Crippen LogP contribution in [0, 0.1) is 20.8 Å². The first-order valence-corrected chi connectivity index (χ1v) is 13.0. The van der Waals surface area contributed by atoms with Gasteiger partial charge < -0.3 is 4.90 Å². The lowest BCUT2D eigenvalue weighted by atomic mass is 10.0. The molecule has 0 spiro atoms. The van der Waals surface area contributed by atoms with Crippen molar-refractivity contribution in [2.24, 2.45) is 0 Å². The first-order chi connectivity index (χ1) is 16.0. The van der Waals surface area contributed by atoms with Crippen molar-refractivity contribution in [3.05, 3.63) is 52.7 Å². The van der Waals surface area contributed by atoms with Crippen molar-refractivity contribution in [2.45, 2.75) is 50.7 Å². The molecule has 0 saturated carbocycles. The molecule has 1 aromatic carbocycles. The molecule has 0 atom stereocenters. The molecule has 2 aromatic rings. The number of benzene rings is 1. The highest BCUT2D eigenvalue weighted by molar-refractivity contribution is 7.89. The van der Waals surface area contributed by atoms with Crippen LogP contribution in [0.4, 0.5) is 19.0 Å². The zero-order chi connectivity index (χ0) is 24.7. The number of aromatic nitrogens is 1. The summed E-state index contributed by atoms with van der Waals surface area (Å²) in [6.45, 7) is 9.55. The average Bonchev–Trinajstić information content (AvgIpc) is 2.78. The maximum Gasteiger partial charge on any atom is 0.417 e. The fourth-order valence-electron chi connectivity index (χ4n) is 5.21. The predicted octanol–water partition coefficient (Wildman–Crippen LogP) is 4.00. The van der Waals surface area contributed by atoms with Gasteiger partial charge in [0, 0.05) is 51.5 Å². The van der Waals surface area contributed by atoms with Crippen LogP contribution in [-0.4, -0.2) is 67.9 Å². The predicted molar refractivity (Wildman–Crippen MR) is 125 cm³/mol. The number of pyridine rings is 1. The van der Waals surface area contributed by atoms with Crippen LogP contribution in [0.2, 0.25) is 0 Å². The quantitative estimate of drug-likeness (QED) is 0.641. The molecule has 10 heteroatoms. The van der Waals surface area contributed by atoms with E-state index >= 15 is 0 Å². The van der Waals surface area contributed by atoms with Gasteiger partial charge in [0.25, 0.3) is 0 Å². The summed E-state index contributed by atoms with van der Waals surface area (Å²) in [4.78, 5) is 8.80. The molecule has 186 valence electrons. The van der Waals surface area contributed by atoms with Gasteiger partial charge in [0.1, 0.15) is 5.82 Å². The van der Waals surface area contributed by atoms with E-state index in [1.54, 1.807) is 4.31 Å². The van der Waals surface area contributed by atoms with Gasteiger partial charge >= 0.3 is 6.18 Å². The molecule has 1 aromatic heterocycles. The molecular formula is C24H31F3N4O2S. The smallest absolute Gasteiger partial charge is 0.354 e. The van der Waals surface area contributed by atoms with E-state index in [-0.39, 0.29) is 0 Å². The van der Waals surface area contributed by atoms with Crippen molar-refractivity contribution in [3.63, 3.8) is 0 Å². The van der Waals surface area contributed by atoms with E-state index in [0.29, 0.717) is 42.9 Å². The number of nitrogens with zero attached hydrogens (tertiary/aromatic N) is 4. The van der Waals surface area contributed by atoms with Crippen LogP contribution in [0.3, 0.4) is 0 Å². The lowest BCUT2D eigenvalue weighted by Crippen LogP contribution is -2.54. The molecule has 0 bridgehead atoms. The van der Waals surface area contributed by atoms with Crippen molar-refractivity contribution in [2.75, 3.05) is 44.2 Å². The third-order valence-corrected chi connectivity index (χ3v) is 9.06. The fraction of sp³-hybridized carbons (Fsp3) is 0.542. The molecule has 34 heavy (non-hydrogen) atoms. The van der Waals surface area contributed by atoms with Gasteiger partial charge in [-0.1, -0.05) is 17.7 Å². The molecule has 3 heterocycles. The highest BCUT2D eigenvalue weighted by atomic mass is 32.2. The standard InChI is InChI=1S/C24H31F3N4O2S/c1-17-14-18(2)23(19(3)15-17)34(32,33)31-8-6-21(7-9-31)29-10-12-30(13-11-29)22-5-4-20(16-28-22)24(25,26)27/h4-5,14-16,21H,6-13H2,1-3H3. The van der Waals surface area contributed by atoms with Crippen molar-refractivity contribution in [3.8, 4) is 0 Å². The summed E-state index contributed by atoms with van der Waals surface area (Å²) in [7, 11) is -3.53. The molecule has 2 fully saturated rings. The minimum Gasteiger partial charge on any atom is -0.354 e. The lowest BCUT2D eigenvalue weighted by molar-refractivity contribution is -0.137. The number of hydrogen-bond acceptors (Lipinski definition) is 5. The summed E-state index contributed by atoms with van der Waals surface area (Å²) in [6, 6.07) is 6.63. The van der Waals surface area contributed by atoms with Crippen LogP contribution in [0.5, 0.6) is 0 Å². The first-order valence-electron chi connectivity index (χ1n) is 11.6. The zero-order valence-corrected chi connectivity index (χ0v) is 20.6. The number of halogens is 3. The summed E-state index contributed by atoms with van der Waals surface area (Å²) in [6.07, 6.45) is -1.97. The monoisotopic (exact) mass is 496 g/mol. The normalized spacial score (nSPS) is 19.5. The minimum atomic E-state index is -4.39. The molecule has 2 saturated heterocycles. The summed E-state index contributed by atoms with van der Waals surface area (Å²) >= 11 is 0. The summed E-state index contributed by atoms with van der Waals surface area (Å²) in [5.74, 6) is 0.553. The topological polar surface area (TPSA) is 56.8 Å². The van der Waals surface area contributed by atoms with Crippen molar-refractivity contribution in [1.29, 1.82) is 0 Å². The summed E-state index contributed by atoms with van der Waals surface area (Å²) in [5, 5.41) is 0. The number of hydrogen-bond donors (Lipinski definition) is 0. The number of alkyl halides is 3. The summed E-state index contributed by atoms with van der Waals surface area (Å²) in [5.41, 5.74) is 1.88. The Labute approximate surface area is 199 Å². The van der Waals surface area contributed by atoms with Crippen LogP contribution in [0.15, 0.2) is 35.4 Å². The van der Waals surface area contributed by atoms with Crippen LogP contribution in [0.25, 0.3) is 0 Å². The van der Waals surface area contributed by atoms with Crippen molar-refractivity contribution < 1.29 is 21.6 Å². The van der Waals surface area contributed by atoms with Crippen LogP contribution < -0.4 is 4.90 Å². The van der Waals surface area contributed by atoms with E-state index in [4.69, 9.17) is 0 Å². The van der Waals surface area contributed by atoms with E-state index in [1.807, 2.05) is 37.8 Å². The second-order valence-electron chi connectivity index (χ2n) is 9.29. The Morgan fingerprint density at radius 1 is 0.912 bits per heavy atom. The van der Waals surface area contributed by atoms with Crippen LogP contribution >= 0.6 is 0 Å². The van der Waals surface area contributed by atoms with Crippen molar-refractivity contribution in [1.82, 2.24) is 14.2 Å². The van der Waals surface area contributed by atoms with E-state index in [9.17, 15) is 21.6 Å². The maximum atomic E-state index is 13.3. The second kappa shape index (κ2) is 9.47. The average molecular weight is 497 g/mol. The first kappa shape index (κ1) is 24.9. The zero-order valence-electron chi connectivity index (χ0n) is 19.8. The maximum absolute atomic E-state index is 13.3. The molecule has 0 unspecified atom stereocenters. The number of anilines is 1. The molecule has 0 aliphatic carbocycles. The second-order valence-corrected chi connectivity index (χ2v) is 11.2. The van der Waals surface area contributed by atoms with Crippen LogP contribution in [-0.2, 0) is 16.2 Å². The Morgan fingerprint density at radius 2 is 1.50 bits per heavy atom. The van der Waals surface area contributed by atoms with Gasteiger partial charge in [0.2, 0.25) is 10.0 Å². The van der Waals surface area contributed by atoms with Gasteiger partial charge in [-0.25, -0.2) is 13.4 Å². The van der Waals surface area contributed by atoms with E-state index < -0.39 is 21.8 Å². The lowest BCUT2D eigenvalue weighted by Gasteiger charge is -2.42. The number of piperidine rings is 1. The highest BCUT2D eigenvalue weighted by Gasteiger charge is 2.35. The number of rotatable bonds is 4.